The Labute approximate surface area is 202 Å². The number of anilines is 1. The van der Waals surface area contributed by atoms with Crippen molar-refractivity contribution < 1.29 is 13.5 Å². The monoisotopic (exact) mass is 481 g/mol. The number of hydrogen-bond acceptors (Lipinski definition) is 6. The van der Waals surface area contributed by atoms with Crippen LogP contribution < -0.4 is 4.90 Å². The summed E-state index contributed by atoms with van der Waals surface area (Å²) in [7, 11) is 0. The molecule has 0 amide bonds. The Kier molecular flexibility index (Phi) is 6.22. The molecule has 1 aliphatic heterocycles. The molecule has 4 heterocycles. The van der Waals surface area contributed by atoms with Crippen molar-refractivity contribution in [3.8, 4) is 11.3 Å². The Bertz CT molecular complexity index is 1350. The molecule has 5 rings (SSSR count). The van der Waals surface area contributed by atoms with Crippen LogP contribution in [-0.4, -0.2) is 48.7 Å². The van der Waals surface area contributed by atoms with Crippen LogP contribution in [-0.2, 0) is 11.3 Å². The third-order valence-corrected chi connectivity index (χ3v) is 6.14. The van der Waals surface area contributed by atoms with Gasteiger partial charge in [-0.2, -0.15) is 15.2 Å². The molecule has 0 radical (unpaired) electrons. The predicted molar refractivity (Wildman–Crippen MR) is 129 cm³/mol. The molecule has 1 saturated heterocycles. The molecule has 184 valence electrons. The average molecular weight is 482 g/mol. The summed E-state index contributed by atoms with van der Waals surface area (Å²) in [6.45, 7) is 10.1. The number of aromatic nitrogens is 6. The third-order valence-electron chi connectivity index (χ3n) is 6.14. The quantitative estimate of drug-likeness (QED) is 0.389. The van der Waals surface area contributed by atoms with Crippen molar-refractivity contribution in [2.45, 2.75) is 58.9 Å². The summed E-state index contributed by atoms with van der Waals surface area (Å²) >= 11 is 0. The maximum absolute atomic E-state index is 14.8. The van der Waals surface area contributed by atoms with Crippen LogP contribution in [0.15, 0.2) is 36.8 Å². The fourth-order valence-electron chi connectivity index (χ4n) is 4.52. The lowest BCUT2D eigenvalue weighted by Gasteiger charge is -2.36. The third kappa shape index (κ3) is 4.50. The lowest BCUT2D eigenvalue weighted by Crippen LogP contribution is -2.43. The number of fused-ring (bicyclic) bond motifs is 1. The van der Waals surface area contributed by atoms with Crippen molar-refractivity contribution in [3.05, 3.63) is 54.0 Å². The summed E-state index contributed by atoms with van der Waals surface area (Å²) in [5.41, 5.74) is 2.20. The molecule has 0 aliphatic carbocycles. The van der Waals surface area contributed by atoms with Crippen molar-refractivity contribution >= 4 is 17.0 Å². The molecule has 2 atom stereocenters. The Hall–Kier alpha value is -3.40. The molecule has 4 aromatic rings. The van der Waals surface area contributed by atoms with Gasteiger partial charge in [-0.15, -0.1) is 0 Å². The first-order valence-electron chi connectivity index (χ1n) is 12.0. The second-order valence-electron chi connectivity index (χ2n) is 9.29. The van der Waals surface area contributed by atoms with E-state index >= 15 is 0 Å². The van der Waals surface area contributed by atoms with Crippen LogP contribution in [0.1, 0.15) is 51.8 Å². The number of hydrogen-bond donors (Lipinski definition) is 0. The van der Waals surface area contributed by atoms with Crippen molar-refractivity contribution in [1.29, 1.82) is 0 Å². The van der Waals surface area contributed by atoms with E-state index in [0.29, 0.717) is 35.8 Å². The fraction of sp³-hybridized carbons (Fsp3) is 0.440. The van der Waals surface area contributed by atoms with Gasteiger partial charge in [0.25, 0.3) is 0 Å². The lowest BCUT2D eigenvalue weighted by atomic mass is 10.1. The highest BCUT2D eigenvalue weighted by molar-refractivity contribution is 5.91. The van der Waals surface area contributed by atoms with Crippen molar-refractivity contribution in [1.82, 2.24) is 29.5 Å². The van der Waals surface area contributed by atoms with Crippen LogP contribution in [0.2, 0.25) is 0 Å². The van der Waals surface area contributed by atoms with Crippen LogP contribution >= 0.6 is 0 Å². The van der Waals surface area contributed by atoms with Crippen LogP contribution in [0.3, 0.4) is 0 Å². The number of nitrogens with zero attached hydrogens (tertiary/aromatic N) is 7. The molecule has 0 bridgehead atoms. The van der Waals surface area contributed by atoms with E-state index in [0.717, 1.165) is 24.6 Å². The van der Waals surface area contributed by atoms with Crippen molar-refractivity contribution in [3.63, 3.8) is 0 Å². The molecule has 0 N–H and O–H groups in total. The number of halogens is 2. The minimum Gasteiger partial charge on any atom is -0.367 e. The summed E-state index contributed by atoms with van der Waals surface area (Å²) in [4.78, 5) is 11.7. The minimum atomic E-state index is -0.676. The van der Waals surface area contributed by atoms with E-state index in [2.05, 4.69) is 22.0 Å². The molecule has 1 fully saturated rings. The number of aryl methyl sites for hydroxylation is 1. The maximum atomic E-state index is 14.8. The van der Waals surface area contributed by atoms with Gasteiger partial charge in [0.2, 0.25) is 5.95 Å². The fourth-order valence-corrected chi connectivity index (χ4v) is 4.52. The summed E-state index contributed by atoms with van der Waals surface area (Å²) in [5.74, 6) is -0.854. The second-order valence-corrected chi connectivity index (χ2v) is 9.29. The highest BCUT2D eigenvalue weighted by atomic mass is 19.1. The molecule has 10 heteroatoms. The normalized spacial score (nSPS) is 18.7. The zero-order chi connectivity index (χ0) is 24.7. The first-order valence-corrected chi connectivity index (χ1v) is 12.0. The lowest BCUT2D eigenvalue weighted by molar-refractivity contribution is -0.0178. The summed E-state index contributed by atoms with van der Waals surface area (Å²) < 4.78 is 38.4. The summed E-state index contributed by atoms with van der Waals surface area (Å²) in [5, 5.41) is 9.54. The van der Waals surface area contributed by atoms with Crippen LogP contribution in [0, 0.1) is 11.6 Å². The molecule has 3 aromatic heterocycles. The number of rotatable bonds is 6. The van der Waals surface area contributed by atoms with E-state index in [1.165, 1.54) is 12.1 Å². The minimum absolute atomic E-state index is 0.0435. The molecular weight excluding hydrogens is 452 g/mol. The van der Waals surface area contributed by atoms with Gasteiger partial charge in [0, 0.05) is 42.5 Å². The number of benzene rings is 1. The highest BCUT2D eigenvalue weighted by Gasteiger charge is 2.30. The van der Waals surface area contributed by atoms with E-state index in [1.54, 1.807) is 10.9 Å². The van der Waals surface area contributed by atoms with Crippen molar-refractivity contribution in [2.75, 3.05) is 18.0 Å². The zero-order valence-corrected chi connectivity index (χ0v) is 20.3. The zero-order valence-electron chi connectivity index (χ0n) is 20.3. The Morgan fingerprint density at radius 3 is 2.69 bits per heavy atom. The maximum Gasteiger partial charge on any atom is 0.228 e. The Morgan fingerprint density at radius 1 is 1.11 bits per heavy atom. The predicted octanol–water partition coefficient (Wildman–Crippen LogP) is 4.93. The van der Waals surface area contributed by atoms with Crippen LogP contribution in [0.25, 0.3) is 22.3 Å². The van der Waals surface area contributed by atoms with Crippen molar-refractivity contribution in [2.24, 2.45) is 0 Å². The van der Waals surface area contributed by atoms with Gasteiger partial charge in [-0.3, -0.25) is 4.68 Å². The largest absolute Gasteiger partial charge is 0.367 e. The highest BCUT2D eigenvalue weighted by Crippen LogP contribution is 2.33. The second kappa shape index (κ2) is 9.33. The van der Waals surface area contributed by atoms with Gasteiger partial charge in [-0.25, -0.2) is 18.4 Å². The van der Waals surface area contributed by atoms with Gasteiger partial charge in [-0.1, -0.05) is 6.92 Å². The first kappa shape index (κ1) is 23.3. The van der Waals surface area contributed by atoms with E-state index in [1.807, 2.05) is 37.8 Å². The molecule has 1 aromatic carbocycles. The van der Waals surface area contributed by atoms with Gasteiger partial charge in [-0.05, 0) is 39.3 Å². The van der Waals surface area contributed by atoms with E-state index in [-0.39, 0.29) is 23.8 Å². The van der Waals surface area contributed by atoms with Crippen LogP contribution in [0.4, 0.5) is 14.7 Å². The molecule has 8 nitrogen and oxygen atoms in total. The Balaban J connectivity index is 1.59. The molecule has 2 unspecified atom stereocenters. The average Bonchev–Trinajstić information content (AvgIpc) is 3.46. The smallest absolute Gasteiger partial charge is 0.228 e. The standard InChI is InChI=1S/C25H29F2N7O/c1-5-8-33-13-17(10-28-33)22-14-32(12-16(4)35-22)25-30-23(19-7-6-18(26)9-21(19)27)20-11-29-34(15(2)3)24(20)31-25/h6-7,9-11,13,15-16,22H,5,8,12,14H2,1-4H3. The van der Waals surface area contributed by atoms with E-state index in [4.69, 9.17) is 14.7 Å². The number of morpholine rings is 1. The van der Waals surface area contributed by atoms with Crippen LogP contribution in [0.5, 0.6) is 0 Å². The van der Waals surface area contributed by atoms with Gasteiger partial charge < -0.3 is 9.64 Å². The molecule has 0 spiro atoms. The molecule has 0 saturated carbocycles. The molecule has 1 aliphatic rings. The topological polar surface area (TPSA) is 73.9 Å². The van der Waals surface area contributed by atoms with E-state index in [9.17, 15) is 8.78 Å². The Morgan fingerprint density at radius 2 is 1.94 bits per heavy atom. The van der Waals surface area contributed by atoms with Gasteiger partial charge >= 0.3 is 0 Å². The SMILES string of the molecule is CCCn1cc(C2CN(c3nc(-c4ccc(F)cc4F)c4cnn(C(C)C)c4n3)CC(C)O2)cn1. The van der Waals surface area contributed by atoms with Gasteiger partial charge in [0.1, 0.15) is 17.7 Å². The number of ether oxygens (including phenoxy) is 1. The van der Waals surface area contributed by atoms with Gasteiger partial charge in [0.05, 0.1) is 36.1 Å². The first-order chi connectivity index (χ1) is 16.8. The summed E-state index contributed by atoms with van der Waals surface area (Å²) in [6, 6.07) is 3.56. The van der Waals surface area contributed by atoms with E-state index < -0.39 is 11.6 Å². The molecular formula is C25H29F2N7O. The van der Waals surface area contributed by atoms with Gasteiger partial charge in [0.15, 0.2) is 5.65 Å². The molecule has 35 heavy (non-hydrogen) atoms. The summed E-state index contributed by atoms with van der Waals surface area (Å²) in [6.07, 6.45) is 6.21.